The fourth-order valence-corrected chi connectivity index (χ4v) is 1.97. The second kappa shape index (κ2) is 6.43. The molecule has 0 unspecified atom stereocenters. The summed E-state index contributed by atoms with van der Waals surface area (Å²) in [5.41, 5.74) is 5.01. The lowest BCUT2D eigenvalue weighted by atomic mass is 9.99. The van der Waals surface area contributed by atoms with Gasteiger partial charge >= 0.3 is 0 Å². The van der Waals surface area contributed by atoms with Crippen LogP contribution in [0.3, 0.4) is 0 Å². The van der Waals surface area contributed by atoms with Gasteiger partial charge in [-0.2, -0.15) is 0 Å². The van der Waals surface area contributed by atoms with Crippen LogP contribution in [-0.2, 0) is 4.79 Å². The zero-order chi connectivity index (χ0) is 16.2. The van der Waals surface area contributed by atoms with Crippen LogP contribution >= 0.6 is 0 Å². The molecule has 0 fully saturated rings. The van der Waals surface area contributed by atoms with E-state index in [1.807, 2.05) is 13.8 Å². The second-order valence-electron chi connectivity index (χ2n) is 5.79. The van der Waals surface area contributed by atoms with Gasteiger partial charge in [0.1, 0.15) is 5.75 Å². The first-order valence-electron chi connectivity index (χ1n) is 6.62. The molecule has 1 amide bonds. The average molecular weight is 295 g/mol. The third-order valence-corrected chi connectivity index (χ3v) is 2.57. The van der Waals surface area contributed by atoms with Gasteiger partial charge in [0, 0.05) is 29.8 Å². The molecule has 0 aliphatic carbocycles. The summed E-state index contributed by atoms with van der Waals surface area (Å²) < 4.78 is 5.51. The van der Waals surface area contributed by atoms with Crippen LogP contribution in [0, 0.1) is 10.1 Å². The van der Waals surface area contributed by atoms with Gasteiger partial charge in [-0.25, -0.2) is 0 Å². The van der Waals surface area contributed by atoms with E-state index < -0.39 is 16.4 Å². The molecule has 0 aliphatic rings. The number of nitro groups is 1. The van der Waals surface area contributed by atoms with Gasteiger partial charge in [0.2, 0.25) is 5.91 Å². The molecule has 0 aromatic heterocycles. The van der Waals surface area contributed by atoms with Gasteiger partial charge in [0.05, 0.1) is 17.1 Å². The fourth-order valence-electron chi connectivity index (χ4n) is 1.97. The molecule has 1 aromatic carbocycles. The number of nitrogens with one attached hydrogen (secondary N) is 1. The maximum atomic E-state index is 11.0. The van der Waals surface area contributed by atoms with E-state index in [4.69, 9.17) is 10.5 Å². The minimum absolute atomic E-state index is 0.0782. The molecule has 21 heavy (non-hydrogen) atoms. The Bertz CT molecular complexity index is 541. The summed E-state index contributed by atoms with van der Waals surface area (Å²) in [4.78, 5) is 21.5. The van der Waals surface area contributed by atoms with Crippen LogP contribution in [-0.4, -0.2) is 22.5 Å². The number of anilines is 1. The van der Waals surface area contributed by atoms with Gasteiger partial charge in [-0.15, -0.1) is 0 Å². The molecule has 3 N–H and O–H groups in total. The number of nitro benzene ring substituents is 1. The van der Waals surface area contributed by atoms with E-state index in [1.54, 1.807) is 19.9 Å². The Morgan fingerprint density at radius 3 is 2.52 bits per heavy atom. The number of nitrogens with two attached hydrogens (primary N) is 1. The lowest BCUT2D eigenvalue weighted by Gasteiger charge is -2.26. The van der Waals surface area contributed by atoms with Gasteiger partial charge in [0.15, 0.2) is 0 Å². The predicted molar refractivity (Wildman–Crippen MR) is 80.4 cm³/mol. The Morgan fingerprint density at radius 1 is 1.43 bits per heavy atom. The normalized spacial score (nSPS) is 11.3. The molecule has 0 aliphatic heterocycles. The first kappa shape index (κ1) is 16.7. The van der Waals surface area contributed by atoms with Crippen molar-refractivity contribution in [1.29, 1.82) is 0 Å². The molecule has 0 spiro atoms. The molecule has 0 saturated carbocycles. The van der Waals surface area contributed by atoms with Crippen LogP contribution in [0.25, 0.3) is 0 Å². The monoisotopic (exact) mass is 295 g/mol. The summed E-state index contributed by atoms with van der Waals surface area (Å²) in [5.74, 6) is -0.0480. The van der Waals surface area contributed by atoms with E-state index in [2.05, 4.69) is 5.32 Å². The van der Waals surface area contributed by atoms with Crippen LogP contribution in [0.15, 0.2) is 18.2 Å². The Kier molecular flexibility index (Phi) is 5.12. The second-order valence-corrected chi connectivity index (χ2v) is 5.79. The highest BCUT2D eigenvalue weighted by molar-refractivity contribution is 5.75. The summed E-state index contributed by atoms with van der Waals surface area (Å²) in [7, 11) is 0. The van der Waals surface area contributed by atoms with E-state index >= 15 is 0 Å². The highest BCUT2D eigenvalue weighted by Gasteiger charge is 2.22. The third kappa shape index (κ3) is 5.68. The van der Waals surface area contributed by atoms with E-state index in [-0.39, 0.29) is 18.2 Å². The number of rotatable bonds is 7. The fraction of sp³-hybridized carbons (Fsp3) is 0.500. The largest absolute Gasteiger partial charge is 0.491 e. The molecule has 116 valence electrons. The van der Waals surface area contributed by atoms with Crippen molar-refractivity contribution in [1.82, 2.24) is 0 Å². The van der Waals surface area contributed by atoms with Crippen molar-refractivity contribution in [3.8, 4) is 5.75 Å². The van der Waals surface area contributed by atoms with E-state index in [9.17, 15) is 14.9 Å². The van der Waals surface area contributed by atoms with Gasteiger partial charge < -0.3 is 15.8 Å². The zero-order valence-corrected chi connectivity index (χ0v) is 12.7. The molecule has 7 nitrogen and oxygen atoms in total. The quantitative estimate of drug-likeness (QED) is 0.593. The molecular weight excluding hydrogens is 274 g/mol. The highest BCUT2D eigenvalue weighted by Crippen LogP contribution is 2.29. The first-order chi connectivity index (χ1) is 9.59. The van der Waals surface area contributed by atoms with Crippen molar-refractivity contribution >= 4 is 17.3 Å². The molecule has 7 heteroatoms. The van der Waals surface area contributed by atoms with Crippen molar-refractivity contribution in [2.24, 2.45) is 5.73 Å². The van der Waals surface area contributed by atoms with E-state index in [0.29, 0.717) is 11.4 Å². The molecule has 0 bridgehead atoms. The number of nitrogens with zero attached hydrogens (tertiary/aromatic N) is 1. The summed E-state index contributed by atoms with van der Waals surface area (Å²) in [6.45, 7) is 7.26. The maximum absolute atomic E-state index is 11.0. The Balaban J connectivity index is 3.07. The van der Waals surface area contributed by atoms with Gasteiger partial charge in [0.25, 0.3) is 5.69 Å². The first-order valence-corrected chi connectivity index (χ1v) is 6.62. The smallest absolute Gasteiger partial charge is 0.275 e. The summed E-state index contributed by atoms with van der Waals surface area (Å²) in [5, 5.41) is 14.1. The summed E-state index contributed by atoms with van der Waals surface area (Å²) >= 11 is 0. The van der Waals surface area contributed by atoms with Crippen LogP contribution in [0.2, 0.25) is 0 Å². The van der Waals surface area contributed by atoms with E-state index in [0.717, 1.165) is 0 Å². The minimum Gasteiger partial charge on any atom is -0.491 e. The van der Waals surface area contributed by atoms with Crippen molar-refractivity contribution < 1.29 is 14.5 Å². The number of benzene rings is 1. The number of carbonyl (C=O) groups is 1. The molecule has 0 heterocycles. The standard InChI is InChI=1S/C14H21N3O4/c1-9(2)21-12-6-10(5-11(7-12)17(19)20)16-14(3,4)8-13(15)18/h5-7,9,16H,8H2,1-4H3,(H2,15,18). The number of carbonyl (C=O) groups excluding carboxylic acids is 1. The molecule has 0 radical (unpaired) electrons. The molecule has 1 aromatic rings. The number of ether oxygens (including phenoxy) is 1. The van der Waals surface area contributed by atoms with Gasteiger partial charge in [-0.1, -0.05) is 0 Å². The lowest BCUT2D eigenvalue weighted by Crippen LogP contribution is -2.36. The number of amides is 1. The predicted octanol–water partition coefficient (Wildman–Crippen LogP) is 2.45. The SMILES string of the molecule is CC(C)Oc1cc(NC(C)(C)CC(N)=O)cc([N+](=O)[O-])c1. The van der Waals surface area contributed by atoms with Crippen LogP contribution < -0.4 is 15.8 Å². The summed E-state index contributed by atoms with van der Waals surface area (Å²) in [6, 6.07) is 4.43. The van der Waals surface area contributed by atoms with Crippen molar-refractivity contribution in [2.45, 2.75) is 45.8 Å². The zero-order valence-electron chi connectivity index (χ0n) is 12.7. The number of hydrogen-bond donors (Lipinski definition) is 2. The van der Waals surface area contributed by atoms with Gasteiger partial charge in [-0.3, -0.25) is 14.9 Å². The molecule has 1 rings (SSSR count). The highest BCUT2D eigenvalue weighted by atomic mass is 16.6. The van der Waals surface area contributed by atoms with Crippen LogP contribution in [0.1, 0.15) is 34.1 Å². The average Bonchev–Trinajstić information content (AvgIpc) is 2.24. The summed E-state index contributed by atoms with van der Waals surface area (Å²) in [6.07, 6.45) is 0.00858. The molecule has 0 saturated heterocycles. The Labute approximate surface area is 123 Å². The van der Waals surface area contributed by atoms with E-state index in [1.165, 1.54) is 12.1 Å². The maximum Gasteiger partial charge on any atom is 0.275 e. The Hall–Kier alpha value is -2.31. The third-order valence-electron chi connectivity index (χ3n) is 2.57. The minimum atomic E-state index is -0.615. The van der Waals surface area contributed by atoms with Crippen LogP contribution in [0.4, 0.5) is 11.4 Å². The van der Waals surface area contributed by atoms with Crippen molar-refractivity contribution in [3.05, 3.63) is 28.3 Å². The number of non-ortho nitro benzene ring substituents is 1. The van der Waals surface area contributed by atoms with Crippen LogP contribution in [0.5, 0.6) is 5.75 Å². The topological polar surface area (TPSA) is 107 Å². The number of hydrogen-bond acceptors (Lipinski definition) is 5. The molecule has 0 atom stereocenters. The Morgan fingerprint density at radius 2 is 2.05 bits per heavy atom. The van der Waals surface area contributed by atoms with Crippen molar-refractivity contribution in [2.75, 3.05) is 5.32 Å². The number of primary amides is 1. The molecular formula is C14H21N3O4. The van der Waals surface area contributed by atoms with Gasteiger partial charge in [-0.05, 0) is 27.7 Å². The van der Waals surface area contributed by atoms with Crippen molar-refractivity contribution in [3.63, 3.8) is 0 Å². The lowest BCUT2D eigenvalue weighted by molar-refractivity contribution is -0.384.